The van der Waals surface area contributed by atoms with Crippen LogP contribution in [0.2, 0.25) is 0 Å². The average molecular weight is 402 g/mol. The number of carbonyl (C=O) groups is 2. The zero-order valence-electron chi connectivity index (χ0n) is 16.6. The number of ether oxygens (including phenoxy) is 1. The molecule has 150 valence electrons. The second-order valence-corrected chi connectivity index (χ2v) is 8.68. The van der Waals surface area contributed by atoms with Crippen LogP contribution in [0.15, 0.2) is 41.1 Å². The molecule has 3 rings (SSSR count). The molecule has 1 fully saturated rings. The third-order valence-electron chi connectivity index (χ3n) is 4.42. The highest BCUT2D eigenvalue weighted by Crippen LogP contribution is 2.16. The summed E-state index contributed by atoms with van der Waals surface area (Å²) in [5, 5.41) is 6.94. The third-order valence-corrected chi connectivity index (χ3v) is 5.15. The molecule has 0 unspecified atom stereocenters. The molecule has 28 heavy (non-hydrogen) atoms. The Kier molecular flexibility index (Phi) is 6.36. The molecule has 1 aromatic carbocycles. The fourth-order valence-electron chi connectivity index (χ4n) is 3.05. The molecule has 1 aliphatic rings. The number of rotatable bonds is 4. The van der Waals surface area contributed by atoms with Gasteiger partial charge in [-0.1, -0.05) is 0 Å². The lowest BCUT2D eigenvalue weighted by Gasteiger charge is -2.34. The molecule has 2 aromatic rings. The van der Waals surface area contributed by atoms with Gasteiger partial charge in [-0.25, -0.2) is 4.79 Å². The number of piperazine rings is 1. The van der Waals surface area contributed by atoms with E-state index in [0.29, 0.717) is 11.3 Å². The van der Waals surface area contributed by atoms with E-state index in [-0.39, 0.29) is 5.91 Å². The van der Waals surface area contributed by atoms with Gasteiger partial charge in [-0.3, -0.25) is 15.0 Å². The summed E-state index contributed by atoms with van der Waals surface area (Å²) in [7, 11) is 0. The van der Waals surface area contributed by atoms with E-state index in [2.05, 4.69) is 27.0 Å². The van der Waals surface area contributed by atoms with E-state index in [1.165, 1.54) is 5.56 Å². The summed E-state index contributed by atoms with van der Waals surface area (Å²) in [6.45, 7) is 9.58. The van der Waals surface area contributed by atoms with E-state index in [1.54, 1.807) is 35.6 Å². The lowest BCUT2D eigenvalue weighted by Crippen LogP contribution is -2.48. The lowest BCUT2D eigenvalue weighted by molar-refractivity contribution is 0.0624. The Morgan fingerprint density at radius 3 is 2.32 bits per heavy atom. The quantitative estimate of drug-likeness (QED) is 0.839. The predicted octanol–water partition coefficient (Wildman–Crippen LogP) is 4.05. The van der Waals surface area contributed by atoms with Crippen molar-refractivity contribution in [1.82, 2.24) is 9.80 Å². The van der Waals surface area contributed by atoms with Crippen molar-refractivity contribution in [3.05, 3.63) is 52.2 Å². The van der Waals surface area contributed by atoms with Gasteiger partial charge in [0.15, 0.2) is 0 Å². The number of hydrogen-bond acceptors (Lipinski definition) is 5. The Morgan fingerprint density at radius 1 is 1.07 bits per heavy atom. The van der Waals surface area contributed by atoms with E-state index >= 15 is 0 Å². The van der Waals surface area contributed by atoms with Crippen LogP contribution in [0.4, 0.5) is 10.5 Å². The maximum Gasteiger partial charge on any atom is 0.412 e. The van der Waals surface area contributed by atoms with E-state index < -0.39 is 11.7 Å². The molecule has 1 saturated heterocycles. The molecule has 2 amide bonds. The molecule has 0 spiro atoms. The Morgan fingerprint density at radius 2 is 1.75 bits per heavy atom. The highest BCUT2D eigenvalue weighted by atomic mass is 32.1. The minimum Gasteiger partial charge on any atom is -0.444 e. The third kappa shape index (κ3) is 5.81. The first-order valence-electron chi connectivity index (χ1n) is 9.43. The average Bonchev–Trinajstić information content (AvgIpc) is 3.14. The van der Waals surface area contributed by atoms with Crippen LogP contribution in [0.5, 0.6) is 0 Å². The molecule has 1 aliphatic heterocycles. The predicted molar refractivity (Wildman–Crippen MR) is 112 cm³/mol. The Bertz CT molecular complexity index is 789. The van der Waals surface area contributed by atoms with Crippen molar-refractivity contribution >= 4 is 29.0 Å². The van der Waals surface area contributed by atoms with Gasteiger partial charge in [0.25, 0.3) is 5.91 Å². The second-order valence-electron chi connectivity index (χ2n) is 7.90. The van der Waals surface area contributed by atoms with Crippen LogP contribution in [-0.4, -0.2) is 53.6 Å². The van der Waals surface area contributed by atoms with Gasteiger partial charge in [-0.2, -0.15) is 11.3 Å². The van der Waals surface area contributed by atoms with Crippen molar-refractivity contribution in [2.75, 3.05) is 31.5 Å². The van der Waals surface area contributed by atoms with E-state index in [4.69, 9.17) is 4.74 Å². The first-order valence-corrected chi connectivity index (χ1v) is 10.4. The molecule has 0 radical (unpaired) electrons. The van der Waals surface area contributed by atoms with E-state index in [0.717, 1.165) is 32.7 Å². The molecule has 0 saturated carbocycles. The van der Waals surface area contributed by atoms with Crippen molar-refractivity contribution in [2.24, 2.45) is 0 Å². The highest BCUT2D eigenvalue weighted by Gasteiger charge is 2.22. The number of anilines is 1. The van der Waals surface area contributed by atoms with Gasteiger partial charge < -0.3 is 9.64 Å². The summed E-state index contributed by atoms with van der Waals surface area (Å²) in [6.07, 6.45) is -0.506. The van der Waals surface area contributed by atoms with Crippen LogP contribution in [0.1, 0.15) is 36.7 Å². The van der Waals surface area contributed by atoms with Gasteiger partial charge in [0.2, 0.25) is 0 Å². The van der Waals surface area contributed by atoms with Gasteiger partial charge in [-0.05, 0) is 67.4 Å². The Labute approximate surface area is 170 Å². The maximum absolute atomic E-state index is 12.7. The Balaban J connectivity index is 1.50. The summed E-state index contributed by atoms with van der Waals surface area (Å²) in [5.74, 6) is 0.0269. The molecule has 6 nitrogen and oxygen atoms in total. The first kappa shape index (κ1) is 20.4. The van der Waals surface area contributed by atoms with Crippen molar-refractivity contribution in [3.8, 4) is 0 Å². The number of carbonyl (C=O) groups excluding carboxylic acids is 2. The maximum atomic E-state index is 12.7. The van der Waals surface area contributed by atoms with Gasteiger partial charge in [-0.15, -0.1) is 0 Å². The summed E-state index contributed by atoms with van der Waals surface area (Å²) in [4.78, 5) is 28.8. The monoisotopic (exact) mass is 401 g/mol. The standard InChI is InChI=1S/C21H27N3O3S/c1-21(2,3)27-20(26)22-18-6-4-17(5-7-18)19(25)24-11-9-23(10-12-24)14-16-8-13-28-15-16/h4-8,13,15H,9-12,14H2,1-3H3,(H,22,26). The topological polar surface area (TPSA) is 61.9 Å². The number of amides is 2. The van der Waals surface area contributed by atoms with Crippen LogP contribution >= 0.6 is 11.3 Å². The molecule has 0 aliphatic carbocycles. The zero-order valence-corrected chi connectivity index (χ0v) is 17.4. The fourth-order valence-corrected chi connectivity index (χ4v) is 3.71. The van der Waals surface area contributed by atoms with Gasteiger partial charge in [0, 0.05) is 44.0 Å². The normalized spacial score (nSPS) is 15.3. The number of nitrogens with zero attached hydrogens (tertiary/aromatic N) is 2. The molecule has 0 atom stereocenters. The number of nitrogens with one attached hydrogen (secondary N) is 1. The summed E-state index contributed by atoms with van der Waals surface area (Å²) in [6, 6.07) is 9.09. The van der Waals surface area contributed by atoms with Crippen molar-refractivity contribution in [2.45, 2.75) is 32.9 Å². The van der Waals surface area contributed by atoms with Crippen molar-refractivity contribution < 1.29 is 14.3 Å². The molecular weight excluding hydrogens is 374 g/mol. The number of thiophene rings is 1. The second kappa shape index (κ2) is 8.75. The number of benzene rings is 1. The van der Waals surface area contributed by atoms with E-state index in [1.807, 2.05) is 25.7 Å². The van der Waals surface area contributed by atoms with Crippen LogP contribution in [0.25, 0.3) is 0 Å². The van der Waals surface area contributed by atoms with Crippen molar-refractivity contribution in [3.63, 3.8) is 0 Å². The summed E-state index contributed by atoms with van der Waals surface area (Å²) >= 11 is 1.71. The minimum atomic E-state index is -0.550. The Hall–Kier alpha value is -2.38. The highest BCUT2D eigenvalue weighted by molar-refractivity contribution is 7.07. The summed E-state index contributed by atoms with van der Waals surface area (Å²) < 4.78 is 5.23. The van der Waals surface area contributed by atoms with E-state index in [9.17, 15) is 9.59 Å². The molecule has 7 heteroatoms. The van der Waals surface area contributed by atoms with Gasteiger partial charge >= 0.3 is 6.09 Å². The molecular formula is C21H27N3O3S. The van der Waals surface area contributed by atoms with Gasteiger partial charge in [0.1, 0.15) is 5.60 Å². The molecule has 0 bridgehead atoms. The smallest absolute Gasteiger partial charge is 0.412 e. The number of hydrogen-bond donors (Lipinski definition) is 1. The molecule has 1 N–H and O–H groups in total. The van der Waals surface area contributed by atoms with Gasteiger partial charge in [0.05, 0.1) is 0 Å². The van der Waals surface area contributed by atoms with Crippen LogP contribution < -0.4 is 5.32 Å². The first-order chi connectivity index (χ1) is 13.3. The van der Waals surface area contributed by atoms with Crippen LogP contribution in [0.3, 0.4) is 0 Å². The zero-order chi connectivity index (χ0) is 20.1. The lowest BCUT2D eigenvalue weighted by atomic mass is 10.1. The van der Waals surface area contributed by atoms with Crippen LogP contribution in [0, 0.1) is 0 Å². The molecule has 2 heterocycles. The van der Waals surface area contributed by atoms with Crippen molar-refractivity contribution in [1.29, 1.82) is 0 Å². The molecule has 1 aromatic heterocycles. The van der Waals surface area contributed by atoms with Crippen LogP contribution in [-0.2, 0) is 11.3 Å². The fraction of sp³-hybridized carbons (Fsp3) is 0.429. The SMILES string of the molecule is CC(C)(C)OC(=O)Nc1ccc(C(=O)N2CCN(Cc3ccsc3)CC2)cc1. The largest absolute Gasteiger partial charge is 0.444 e. The minimum absolute atomic E-state index is 0.0269. The summed E-state index contributed by atoms with van der Waals surface area (Å²) in [5.41, 5.74) is 2.01.